The van der Waals surface area contributed by atoms with Crippen LogP contribution in [-0.2, 0) is 9.59 Å². The number of amides is 2. The summed E-state index contributed by atoms with van der Waals surface area (Å²) in [6.07, 6.45) is 1.41. The molecule has 3 N–H and O–H groups in total. The Bertz CT molecular complexity index is 915. The fraction of sp³-hybridized carbons (Fsp3) is 0.500. The molecule has 4 rings (SSSR count). The number of fused-ring (bicyclic) bond motifs is 3. The molecule has 0 aliphatic carbocycles. The Kier molecular flexibility index (Phi) is 7.62. The summed E-state index contributed by atoms with van der Waals surface area (Å²) in [6.45, 7) is 3.17. The number of nitrogens with one attached hydrogen (secondary N) is 2. The minimum Gasteiger partial charge on any atom is -0.489 e. The Balaban J connectivity index is 0.000000383. The minimum atomic E-state index is -5.08. The Hall–Kier alpha value is -3.08. The van der Waals surface area contributed by atoms with E-state index in [4.69, 9.17) is 14.6 Å². The lowest BCUT2D eigenvalue weighted by Crippen LogP contribution is -2.63. The summed E-state index contributed by atoms with van der Waals surface area (Å²) in [5.74, 6) is -2.10. The molecule has 3 aliphatic rings. The lowest BCUT2D eigenvalue weighted by molar-refractivity contribution is -0.192. The van der Waals surface area contributed by atoms with Crippen LogP contribution < -0.4 is 15.4 Å². The van der Waals surface area contributed by atoms with Crippen molar-refractivity contribution < 1.29 is 37.4 Å². The number of carboxylic acid groups (broad SMARTS) is 1. The number of piperidine rings is 1. The molecule has 1 aromatic rings. The number of carbonyl (C=O) groups excluding carboxylic acids is 2. The molecule has 1 aromatic carbocycles. The van der Waals surface area contributed by atoms with Crippen LogP contribution in [0.15, 0.2) is 36.4 Å². The minimum absolute atomic E-state index is 0.0168. The van der Waals surface area contributed by atoms with Crippen LogP contribution in [0.5, 0.6) is 5.75 Å². The van der Waals surface area contributed by atoms with Crippen molar-refractivity contribution in [1.29, 1.82) is 0 Å². The normalized spacial score (nSPS) is 23.5. The van der Waals surface area contributed by atoms with Gasteiger partial charge in [-0.25, -0.2) is 4.79 Å². The largest absolute Gasteiger partial charge is 0.490 e. The van der Waals surface area contributed by atoms with Gasteiger partial charge in [-0.3, -0.25) is 9.59 Å². The maximum Gasteiger partial charge on any atom is 0.490 e. The highest BCUT2D eigenvalue weighted by Crippen LogP contribution is 2.32. The fourth-order valence-corrected chi connectivity index (χ4v) is 3.98. The number of halogens is 3. The van der Waals surface area contributed by atoms with Gasteiger partial charge in [-0.15, -0.1) is 0 Å². The number of hydrogen-bond donors (Lipinski definition) is 3. The zero-order valence-corrected chi connectivity index (χ0v) is 17.9. The molecule has 180 valence electrons. The summed E-state index contributed by atoms with van der Waals surface area (Å²) in [5.41, 5.74) is 0.200. The van der Waals surface area contributed by atoms with Crippen molar-refractivity contribution in [3.63, 3.8) is 0 Å². The number of ether oxygens (including phenoxy) is 1. The Morgan fingerprint density at radius 3 is 2.52 bits per heavy atom. The average molecular weight is 469 g/mol. The molecule has 0 radical (unpaired) electrons. The van der Waals surface area contributed by atoms with Crippen molar-refractivity contribution in [2.45, 2.75) is 31.5 Å². The maximum absolute atomic E-state index is 13.1. The summed E-state index contributed by atoms with van der Waals surface area (Å²) in [6, 6.07) is 7.29. The molecule has 0 saturated carbocycles. The van der Waals surface area contributed by atoms with Crippen LogP contribution >= 0.6 is 0 Å². The van der Waals surface area contributed by atoms with Crippen LogP contribution in [0.3, 0.4) is 0 Å². The molecular formula is C22H26F3N3O5. The van der Waals surface area contributed by atoms with Gasteiger partial charge in [0.25, 0.3) is 5.91 Å². The number of para-hydroxylation sites is 1. The Labute approximate surface area is 188 Å². The predicted octanol–water partition coefficient (Wildman–Crippen LogP) is 1.97. The third-order valence-corrected chi connectivity index (χ3v) is 5.81. The molecule has 2 bridgehead atoms. The molecule has 0 aromatic heterocycles. The quantitative estimate of drug-likeness (QED) is 0.502. The van der Waals surface area contributed by atoms with Gasteiger partial charge in [0.15, 0.2) is 0 Å². The van der Waals surface area contributed by atoms with E-state index < -0.39 is 12.1 Å². The summed E-state index contributed by atoms with van der Waals surface area (Å²) >= 11 is 0. The molecule has 0 unspecified atom stereocenters. The van der Waals surface area contributed by atoms with E-state index in [9.17, 15) is 22.8 Å². The van der Waals surface area contributed by atoms with Crippen molar-refractivity contribution in [1.82, 2.24) is 15.5 Å². The maximum atomic E-state index is 13.1. The predicted molar refractivity (Wildman–Crippen MR) is 112 cm³/mol. The zero-order valence-electron chi connectivity index (χ0n) is 17.9. The van der Waals surface area contributed by atoms with Gasteiger partial charge in [0.2, 0.25) is 5.91 Å². The highest BCUT2D eigenvalue weighted by Gasteiger charge is 2.46. The Morgan fingerprint density at radius 1 is 1.18 bits per heavy atom. The van der Waals surface area contributed by atoms with E-state index in [0.29, 0.717) is 37.6 Å². The molecule has 2 saturated heterocycles. The van der Waals surface area contributed by atoms with Gasteiger partial charge in [0.05, 0.1) is 11.0 Å². The first-order valence-electron chi connectivity index (χ1n) is 10.6. The second-order valence-corrected chi connectivity index (χ2v) is 8.23. The highest BCUT2D eigenvalue weighted by atomic mass is 19.4. The summed E-state index contributed by atoms with van der Waals surface area (Å²) in [5, 5.41) is 13.5. The second-order valence-electron chi connectivity index (χ2n) is 8.23. The number of carbonyl (C=O) groups is 3. The van der Waals surface area contributed by atoms with E-state index >= 15 is 0 Å². The number of aliphatic carboxylic acids is 1. The monoisotopic (exact) mass is 469 g/mol. The van der Waals surface area contributed by atoms with Gasteiger partial charge in [0, 0.05) is 32.2 Å². The number of allylic oxidation sites excluding steroid dienone is 1. The van der Waals surface area contributed by atoms with Crippen LogP contribution in [0.2, 0.25) is 0 Å². The topological polar surface area (TPSA) is 108 Å². The van der Waals surface area contributed by atoms with Gasteiger partial charge in [0.1, 0.15) is 12.4 Å². The van der Waals surface area contributed by atoms with Gasteiger partial charge in [-0.05, 0) is 31.4 Å². The van der Waals surface area contributed by atoms with Crippen LogP contribution in [0.1, 0.15) is 29.6 Å². The number of nitrogens with zero attached hydrogens (tertiary/aromatic N) is 1. The molecule has 3 heterocycles. The van der Waals surface area contributed by atoms with Gasteiger partial charge in [-0.1, -0.05) is 24.3 Å². The molecule has 1 atom stereocenters. The van der Waals surface area contributed by atoms with Crippen molar-refractivity contribution in [2.75, 3.05) is 32.8 Å². The van der Waals surface area contributed by atoms with E-state index in [0.717, 1.165) is 25.8 Å². The summed E-state index contributed by atoms with van der Waals surface area (Å²) in [7, 11) is 0. The van der Waals surface area contributed by atoms with E-state index in [1.54, 1.807) is 6.07 Å². The number of benzene rings is 1. The number of rotatable bonds is 0. The molecule has 33 heavy (non-hydrogen) atoms. The zero-order chi connectivity index (χ0) is 24.1. The first-order valence-corrected chi connectivity index (χ1v) is 10.6. The van der Waals surface area contributed by atoms with Crippen molar-refractivity contribution in [3.8, 4) is 5.75 Å². The highest BCUT2D eigenvalue weighted by molar-refractivity contribution is 5.97. The van der Waals surface area contributed by atoms with Crippen molar-refractivity contribution >= 4 is 17.8 Å². The van der Waals surface area contributed by atoms with E-state index in [2.05, 4.69) is 10.6 Å². The lowest BCUT2D eigenvalue weighted by Gasteiger charge is -2.45. The molecule has 8 nitrogen and oxygen atoms in total. The molecule has 11 heteroatoms. The van der Waals surface area contributed by atoms with Crippen LogP contribution in [0.25, 0.3) is 0 Å². The first-order chi connectivity index (χ1) is 15.6. The van der Waals surface area contributed by atoms with Gasteiger partial charge >= 0.3 is 12.1 Å². The summed E-state index contributed by atoms with van der Waals surface area (Å²) in [4.78, 5) is 36.7. The van der Waals surface area contributed by atoms with Gasteiger partial charge < -0.3 is 25.4 Å². The molecule has 2 fully saturated rings. The van der Waals surface area contributed by atoms with Crippen LogP contribution in [0.4, 0.5) is 13.2 Å². The fourth-order valence-electron chi connectivity index (χ4n) is 3.98. The van der Waals surface area contributed by atoms with Crippen molar-refractivity contribution in [2.24, 2.45) is 5.41 Å². The molecule has 3 aliphatic heterocycles. The number of alkyl halides is 3. The van der Waals surface area contributed by atoms with E-state index in [1.165, 1.54) is 0 Å². The van der Waals surface area contributed by atoms with Crippen LogP contribution in [-0.4, -0.2) is 72.8 Å². The van der Waals surface area contributed by atoms with Gasteiger partial charge in [-0.2, -0.15) is 13.2 Å². The molecule has 2 amide bonds. The van der Waals surface area contributed by atoms with E-state index in [1.807, 2.05) is 35.3 Å². The second kappa shape index (κ2) is 10.2. The number of carboxylic acids is 1. The third kappa shape index (κ3) is 6.04. The standard InChI is InChI=1S/C20H25N3O3.C2HF3O2/c24-18-16-7-1-2-8-17(16)26-11-4-3-9-20(13-21-14-20)19(25)23-10-5-6-15(12-23)22-18;3-2(4,5)1(6)7/h1-4,7-8,15,21H,5-6,9-14H2,(H,22,24);(H,6,7)/b4-3-;/t15-;/m1./s1. The smallest absolute Gasteiger partial charge is 0.489 e. The first kappa shape index (κ1) is 24.6. The average Bonchev–Trinajstić information content (AvgIpc) is 2.74. The van der Waals surface area contributed by atoms with E-state index in [-0.39, 0.29) is 23.3 Å². The number of hydrogen-bond acceptors (Lipinski definition) is 5. The lowest BCUT2D eigenvalue weighted by atomic mass is 9.76. The Morgan fingerprint density at radius 2 is 1.88 bits per heavy atom. The molecule has 1 spiro atoms. The SMILES string of the molecule is O=C(O)C(F)(F)F.O=C1N[C@@H]2CCCN(C2)C(=O)C2(C/C=C\COc3ccccc31)CNC2. The van der Waals surface area contributed by atoms with Crippen LogP contribution in [0, 0.1) is 5.41 Å². The third-order valence-electron chi connectivity index (χ3n) is 5.81. The summed E-state index contributed by atoms with van der Waals surface area (Å²) < 4.78 is 37.5. The van der Waals surface area contributed by atoms with Crippen molar-refractivity contribution in [3.05, 3.63) is 42.0 Å². The molecular weight excluding hydrogens is 443 g/mol.